The second-order valence-corrected chi connectivity index (χ2v) is 11.4. The van der Waals surface area contributed by atoms with E-state index in [1.165, 1.54) is 33.4 Å². The fourth-order valence-electron chi connectivity index (χ4n) is 6.21. The van der Waals surface area contributed by atoms with Crippen molar-refractivity contribution in [2.24, 2.45) is 5.84 Å². The van der Waals surface area contributed by atoms with E-state index in [9.17, 15) is 0 Å². The van der Waals surface area contributed by atoms with E-state index in [1.54, 1.807) is 5.01 Å². The lowest BCUT2D eigenvalue weighted by Crippen LogP contribution is -2.24. The summed E-state index contributed by atoms with van der Waals surface area (Å²) in [6.07, 6.45) is 0. The molecule has 0 saturated carbocycles. The van der Waals surface area contributed by atoms with E-state index in [1.807, 2.05) is 12.1 Å². The maximum atomic E-state index is 6.63. The first-order chi connectivity index (χ1) is 20.5. The zero-order valence-corrected chi connectivity index (χ0v) is 23.9. The Morgan fingerprint density at radius 2 is 0.881 bits per heavy atom. The summed E-state index contributed by atoms with van der Waals surface area (Å²) in [4.78, 5) is 2.25. The Kier molecular flexibility index (Phi) is 6.38. The number of nitrogens with zero attached hydrogens (tertiary/aromatic N) is 2. The van der Waals surface area contributed by atoms with Crippen molar-refractivity contribution in [2.45, 2.75) is 19.3 Å². The first-order valence-electron chi connectivity index (χ1n) is 14.4. The number of rotatable bonds is 6. The summed E-state index contributed by atoms with van der Waals surface area (Å²) >= 11 is 0. The van der Waals surface area contributed by atoms with Crippen LogP contribution in [0.1, 0.15) is 25.0 Å². The number of para-hydroxylation sites is 2. The van der Waals surface area contributed by atoms with Crippen LogP contribution in [0, 0.1) is 0 Å². The van der Waals surface area contributed by atoms with E-state index in [0.29, 0.717) is 0 Å². The molecular formula is C39H33N3. The Morgan fingerprint density at radius 1 is 0.429 bits per heavy atom. The highest BCUT2D eigenvalue weighted by Crippen LogP contribution is 2.49. The molecule has 0 unspecified atom stereocenters. The molecule has 0 heterocycles. The maximum Gasteiger partial charge on any atom is 0.0576 e. The number of hydrazine groups is 1. The van der Waals surface area contributed by atoms with Crippen LogP contribution in [0.4, 0.5) is 28.4 Å². The largest absolute Gasteiger partial charge is 0.311 e. The standard InChI is InChI=1S/C39H33N3/c1-39(2)37-16-10-9-15-35(37)36-26-19-29(27-38(36)39)28-17-20-33(21-18-28)42(40)34-24-22-32(23-25-34)41(30-11-5-3-6-12-30)31-13-7-4-8-14-31/h3-27H,40H2,1-2H3. The van der Waals surface area contributed by atoms with Crippen molar-refractivity contribution in [3.05, 3.63) is 163 Å². The van der Waals surface area contributed by atoms with Crippen LogP contribution in [-0.4, -0.2) is 0 Å². The topological polar surface area (TPSA) is 32.5 Å². The number of hydrogen-bond acceptors (Lipinski definition) is 3. The van der Waals surface area contributed by atoms with Crippen molar-refractivity contribution in [3.8, 4) is 22.3 Å². The van der Waals surface area contributed by atoms with E-state index in [-0.39, 0.29) is 5.41 Å². The fraction of sp³-hybridized carbons (Fsp3) is 0.0769. The van der Waals surface area contributed by atoms with Gasteiger partial charge in [-0.25, -0.2) is 5.84 Å². The van der Waals surface area contributed by atoms with E-state index >= 15 is 0 Å². The lowest BCUT2D eigenvalue weighted by atomic mass is 9.81. The van der Waals surface area contributed by atoms with Gasteiger partial charge in [0, 0.05) is 22.5 Å². The molecule has 1 aliphatic rings. The van der Waals surface area contributed by atoms with Crippen LogP contribution < -0.4 is 15.8 Å². The van der Waals surface area contributed by atoms with E-state index in [2.05, 4.69) is 158 Å². The number of anilines is 5. The second-order valence-electron chi connectivity index (χ2n) is 11.4. The number of nitrogens with two attached hydrogens (primary N) is 1. The molecule has 42 heavy (non-hydrogen) atoms. The van der Waals surface area contributed by atoms with Crippen LogP contribution in [-0.2, 0) is 5.41 Å². The smallest absolute Gasteiger partial charge is 0.0576 e. The molecule has 0 radical (unpaired) electrons. The first kappa shape index (κ1) is 25.8. The Bertz CT molecular complexity index is 1800. The van der Waals surface area contributed by atoms with Gasteiger partial charge in [-0.15, -0.1) is 0 Å². The SMILES string of the molecule is CC1(C)c2ccccc2-c2ccc(-c3ccc(N(N)c4ccc(N(c5ccccc5)c5ccccc5)cc4)cc3)cc21. The Morgan fingerprint density at radius 3 is 1.50 bits per heavy atom. The molecule has 0 amide bonds. The third-order valence-electron chi connectivity index (χ3n) is 8.48. The highest BCUT2D eigenvalue weighted by Gasteiger charge is 2.35. The van der Waals surface area contributed by atoms with Crippen molar-refractivity contribution in [1.29, 1.82) is 0 Å². The summed E-state index contributed by atoms with van der Waals surface area (Å²) in [6, 6.07) is 53.3. The number of benzene rings is 6. The molecule has 1 aliphatic carbocycles. The van der Waals surface area contributed by atoms with Crippen molar-refractivity contribution < 1.29 is 0 Å². The molecule has 3 nitrogen and oxygen atoms in total. The number of hydrogen-bond donors (Lipinski definition) is 1. The van der Waals surface area contributed by atoms with Crippen molar-refractivity contribution in [2.75, 3.05) is 9.91 Å². The summed E-state index contributed by atoms with van der Waals surface area (Å²) < 4.78 is 0. The van der Waals surface area contributed by atoms with Crippen molar-refractivity contribution in [1.82, 2.24) is 0 Å². The molecule has 0 atom stereocenters. The van der Waals surface area contributed by atoms with Gasteiger partial charge in [-0.1, -0.05) is 98.8 Å². The summed E-state index contributed by atoms with van der Waals surface area (Å²) in [5.74, 6) is 6.63. The van der Waals surface area contributed by atoms with Gasteiger partial charge in [0.25, 0.3) is 0 Å². The van der Waals surface area contributed by atoms with Gasteiger partial charge in [-0.2, -0.15) is 0 Å². The van der Waals surface area contributed by atoms with Crippen LogP contribution in [0.3, 0.4) is 0 Å². The zero-order chi connectivity index (χ0) is 28.7. The van der Waals surface area contributed by atoms with Crippen LogP contribution in [0.2, 0.25) is 0 Å². The lowest BCUT2D eigenvalue weighted by Gasteiger charge is -2.26. The van der Waals surface area contributed by atoms with E-state index in [4.69, 9.17) is 5.84 Å². The highest BCUT2D eigenvalue weighted by molar-refractivity contribution is 5.84. The van der Waals surface area contributed by atoms with Gasteiger partial charge in [-0.3, -0.25) is 5.01 Å². The summed E-state index contributed by atoms with van der Waals surface area (Å²) in [5.41, 5.74) is 13.0. The normalized spacial score (nSPS) is 12.8. The quantitative estimate of drug-likeness (QED) is 0.168. The van der Waals surface area contributed by atoms with Gasteiger partial charge in [0.1, 0.15) is 0 Å². The molecule has 0 spiro atoms. The van der Waals surface area contributed by atoms with Crippen LogP contribution >= 0.6 is 0 Å². The Hall–Kier alpha value is -5.12. The van der Waals surface area contributed by atoms with Crippen LogP contribution in [0.25, 0.3) is 22.3 Å². The Balaban J connectivity index is 1.14. The average Bonchev–Trinajstić information content (AvgIpc) is 3.28. The van der Waals surface area contributed by atoms with Gasteiger partial charge in [0.05, 0.1) is 11.4 Å². The summed E-state index contributed by atoms with van der Waals surface area (Å²) in [7, 11) is 0. The van der Waals surface area contributed by atoms with Crippen molar-refractivity contribution in [3.63, 3.8) is 0 Å². The molecule has 0 bridgehead atoms. The van der Waals surface area contributed by atoms with Gasteiger partial charge in [0.15, 0.2) is 0 Å². The molecule has 0 saturated heterocycles. The predicted molar refractivity (Wildman–Crippen MR) is 177 cm³/mol. The predicted octanol–water partition coefficient (Wildman–Crippen LogP) is 10.1. The molecule has 7 rings (SSSR count). The molecule has 0 fully saturated rings. The molecule has 3 heteroatoms. The fourth-order valence-corrected chi connectivity index (χ4v) is 6.21. The monoisotopic (exact) mass is 543 g/mol. The van der Waals surface area contributed by atoms with E-state index < -0.39 is 0 Å². The zero-order valence-electron chi connectivity index (χ0n) is 23.9. The van der Waals surface area contributed by atoms with Gasteiger partial charge >= 0.3 is 0 Å². The van der Waals surface area contributed by atoms with Crippen molar-refractivity contribution >= 4 is 28.4 Å². The molecule has 0 aliphatic heterocycles. The molecule has 204 valence electrons. The van der Waals surface area contributed by atoms with Crippen LogP contribution in [0.5, 0.6) is 0 Å². The molecule has 2 N–H and O–H groups in total. The number of fused-ring (bicyclic) bond motifs is 3. The average molecular weight is 544 g/mol. The second kappa shape index (κ2) is 10.4. The summed E-state index contributed by atoms with van der Waals surface area (Å²) in [5, 5.41) is 1.74. The highest BCUT2D eigenvalue weighted by atomic mass is 15.4. The van der Waals surface area contributed by atoms with Gasteiger partial charge < -0.3 is 4.90 Å². The minimum Gasteiger partial charge on any atom is -0.311 e. The third kappa shape index (κ3) is 4.45. The summed E-state index contributed by atoms with van der Waals surface area (Å²) in [6.45, 7) is 4.64. The Labute approximate surface area is 248 Å². The first-order valence-corrected chi connectivity index (χ1v) is 14.4. The van der Waals surface area contributed by atoms with Gasteiger partial charge in [0.2, 0.25) is 0 Å². The minimum atomic E-state index is -0.0152. The minimum absolute atomic E-state index is 0.0152. The molecule has 0 aromatic heterocycles. The molecule has 6 aromatic carbocycles. The lowest BCUT2D eigenvalue weighted by molar-refractivity contribution is 0.660. The molecular weight excluding hydrogens is 510 g/mol. The van der Waals surface area contributed by atoms with E-state index in [0.717, 1.165) is 28.4 Å². The third-order valence-corrected chi connectivity index (χ3v) is 8.48. The van der Waals surface area contributed by atoms with Gasteiger partial charge in [-0.05, 0) is 100 Å². The molecule has 6 aromatic rings. The van der Waals surface area contributed by atoms with Crippen LogP contribution in [0.15, 0.2) is 152 Å². The maximum absolute atomic E-state index is 6.63.